The Labute approximate surface area is 752 Å². The molecule has 0 saturated carbocycles. The zero-order chi connectivity index (χ0) is 88.7. The predicted octanol–water partition coefficient (Wildman–Crippen LogP) is 16.2. The SMILES string of the molecule is CCc1nn(C(C)C)c2nc(-c3ccn[nH]3)ccc12.CCc1nn(C2CCOCC2)c2nc(-c3ccnn3-c3ccc(N4CCN(C(=O)OC(C)(C)C)CC4)cc3)ccc12.CCc1nn(C2CCOCC2)c2nc(-c3ccnn3-c3ccc(N4CCN(C)CC4)cc3)ccc12.CCc1nn(C2CCOCC2)c2nc(-c3ccnn3-c3ccc(N4CCOCC4)cc3)ccc12. The number of hydrogen-bond acceptors (Lipinski definition) is 22. The summed E-state index contributed by atoms with van der Waals surface area (Å²) in [5.41, 5.74) is 21.7. The second-order valence-corrected chi connectivity index (χ2v) is 35.1. The van der Waals surface area contributed by atoms with E-state index in [4.69, 9.17) is 58.9 Å². The fourth-order valence-electron chi connectivity index (χ4n) is 18.1. The van der Waals surface area contributed by atoms with Crippen LogP contribution in [0.4, 0.5) is 21.9 Å². The molecule has 15 aromatic rings. The molecule has 6 aliphatic rings. The second-order valence-electron chi connectivity index (χ2n) is 35.1. The first-order valence-corrected chi connectivity index (χ1v) is 46.2. The zero-order valence-corrected chi connectivity index (χ0v) is 76.0. The average molecular weight is 1740 g/mol. The van der Waals surface area contributed by atoms with Crippen LogP contribution in [0.25, 0.3) is 107 Å². The van der Waals surface area contributed by atoms with Crippen molar-refractivity contribution in [2.24, 2.45) is 0 Å². The van der Waals surface area contributed by atoms with Crippen molar-refractivity contribution >= 4 is 67.3 Å². The number of nitrogens with zero attached hydrogens (tertiary/aromatic N) is 24. The number of morpholine rings is 1. The van der Waals surface area contributed by atoms with Crippen molar-refractivity contribution in [2.45, 2.75) is 156 Å². The molecule has 0 aliphatic carbocycles. The molecular formula is C98H119N25O6. The normalized spacial score (nSPS) is 16.6. The molecule has 6 saturated heterocycles. The first kappa shape index (κ1) is 87.2. The van der Waals surface area contributed by atoms with Crippen molar-refractivity contribution in [3.05, 3.63) is 193 Å². The smallest absolute Gasteiger partial charge is 0.410 e. The molecule has 31 nitrogen and oxygen atoms in total. The number of pyridine rings is 4. The maximum Gasteiger partial charge on any atom is 0.410 e. The molecule has 0 bridgehead atoms. The van der Waals surface area contributed by atoms with E-state index in [0.717, 1.165) is 305 Å². The molecule has 12 aromatic heterocycles. The van der Waals surface area contributed by atoms with E-state index in [1.54, 1.807) is 11.1 Å². The molecule has 1 N–H and O–H groups in total. The summed E-state index contributed by atoms with van der Waals surface area (Å²) in [7, 11) is 2.19. The Morgan fingerprint density at radius 2 is 0.721 bits per heavy atom. The Morgan fingerprint density at radius 1 is 0.388 bits per heavy atom. The Balaban J connectivity index is 0.000000119. The van der Waals surface area contributed by atoms with E-state index in [1.807, 2.05) is 88.4 Å². The van der Waals surface area contributed by atoms with Gasteiger partial charge in [0.1, 0.15) is 5.60 Å². The lowest BCUT2D eigenvalue weighted by Crippen LogP contribution is -2.50. The van der Waals surface area contributed by atoms with E-state index >= 15 is 0 Å². The predicted molar refractivity (Wildman–Crippen MR) is 503 cm³/mol. The molecule has 0 radical (unpaired) electrons. The van der Waals surface area contributed by atoms with E-state index in [2.05, 4.69) is 228 Å². The minimum atomic E-state index is -0.485. The number of carbonyl (C=O) groups is 1. The first-order chi connectivity index (χ1) is 63.0. The summed E-state index contributed by atoms with van der Waals surface area (Å²) in [6.07, 6.45) is 16.4. The lowest BCUT2D eigenvalue weighted by molar-refractivity contribution is 0.0240. The molecule has 31 heteroatoms. The number of nitrogens with one attached hydrogen (secondary N) is 1. The van der Waals surface area contributed by atoms with E-state index in [-0.39, 0.29) is 6.09 Å². The monoisotopic (exact) mass is 1740 g/mol. The van der Waals surface area contributed by atoms with Crippen LogP contribution in [0.5, 0.6) is 0 Å². The standard InChI is InChI=1S/C31H39N7O3.C27H33N7O.C26H30N6O2.C14H17N5/c1-5-26-25-10-11-27(33-29(25)38(34-26)24-13-20-40-21-14-24)28-12-15-32-37(28)23-8-6-22(7-9-23)35-16-18-36(19-17-35)30(39)41-31(2,3)4;1-3-24-23-8-9-25(29-27(23)34(30-24)22-11-18-35-19-12-22)26-10-13-28-33(26)21-6-4-20(5-7-21)32-16-14-31(2)15-17-32;1-2-23-22-7-8-24(28-26(22)32(29-23)21-10-15-33-16-11-21)25-9-12-27-31(25)20-5-3-19(4-6-20)30-13-17-34-18-14-30;1-4-11-10-5-6-12(13-7-8-15-17-13)16-14(10)19(18-11)9(2)3/h6-12,15,24H,5,13-14,16-21H2,1-4H3;4-10,13,22H,3,11-12,14-19H2,1-2H3;3-9,12,21H,2,10-11,13-18H2,1H3;5-9H,4H2,1-3H3,(H,15,17). The summed E-state index contributed by atoms with van der Waals surface area (Å²) in [5, 5.41) is 44.9. The minimum Gasteiger partial charge on any atom is -0.444 e. The number of amides is 1. The first-order valence-electron chi connectivity index (χ1n) is 46.2. The van der Waals surface area contributed by atoms with Gasteiger partial charge in [0.15, 0.2) is 22.6 Å². The molecule has 18 heterocycles. The Hall–Kier alpha value is -12.6. The van der Waals surface area contributed by atoms with E-state index in [1.165, 1.54) is 11.4 Å². The molecule has 129 heavy (non-hydrogen) atoms. The number of carbonyl (C=O) groups excluding carboxylic acids is 1. The Morgan fingerprint density at radius 3 is 1.08 bits per heavy atom. The molecule has 6 aliphatic heterocycles. The number of rotatable bonds is 18. The van der Waals surface area contributed by atoms with Crippen LogP contribution in [0.2, 0.25) is 0 Å². The summed E-state index contributed by atoms with van der Waals surface area (Å²) in [5.74, 6) is 0. The lowest BCUT2D eigenvalue weighted by atomic mass is 10.1. The number of aryl methyl sites for hydroxylation is 4. The van der Waals surface area contributed by atoms with Crippen LogP contribution in [-0.2, 0) is 49.4 Å². The number of anilines is 3. The van der Waals surface area contributed by atoms with Crippen molar-refractivity contribution in [1.29, 1.82) is 0 Å². The summed E-state index contributed by atoms with van der Waals surface area (Å²) in [6, 6.07) is 51.9. The van der Waals surface area contributed by atoms with Gasteiger partial charge in [0.2, 0.25) is 0 Å². The number of ether oxygens (including phenoxy) is 5. The Kier molecular flexibility index (Phi) is 26.5. The highest BCUT2D eigenvalue weighted by atomic mass is 16.6. The number of likely N-dealkylation sites (N-methyl/N-ethyl adjacent to an activating group) is 1. The van der Waals surface area contributed by atoms with Crippen molar-refractivity contribution in [3.63, 3.8) is 0 Å². The van der Waals surface area contributed by atoms with Crippen LogP contribution < -0.4 is 14.7 Å². The number of aromatic amines is 1. The molecule has 0 atom stereocenters. The quantitative estimate of drug-likeness (QED) is 0.0835. The van der Waals surface area contributed by atoms with Crippen LogP contribution in [-0.4, -0.2) is 245 Å². The third-order valence-corrected chi connectivity index (χ3v) is 25.3. The number of aromatic nitrogens is 20. The molecule has 3 aromatic carbocycles. The maximum absolute atomic E-state index is 12.4. The number of piperazine rings is 2. The minimum absolute atomic E-state index is 0.243. The fraction of sp³-hybridized carbons (Fsp3) is 0.439. The highest BCUT2D eigenvalue weighted by molar-refractivity contribution is 5.85. The zero-order valence-electron chi connectivity index (χ0n) is 76.0. The number of H-pyrrole nitrogens is 1. The third-order valence-electron chi connectivity index (χ3n) is 25.3. The molecule has 21 rings (SSSR count). The van der Waals surface area contributed by atoms with Crippen LogP contribution >= 0.6 is 0 Å². The van der Waals surface area contributed by atoms with Gasteiger partial charge in [-0.05, 0) is 251 Å². The van der Waals surface area contributed by atoms with Gasteiger partial charge in [0.25, 0.3) is 0 Å². The van der Waals surface area contributed by atoms with E-state index < -0.39 is 5.60 Å². The van der Waals surface area contributed by atoms with Crippen molar-refractivity contribution < 1.29 is 28.5 Å². The fourth-order valence-corrected chi connectivity index (χ4v) is 18.1. The van der Waals surface area contributed by atoms with E-state index in [9.17, 15) is 4.79 Å². The Bertz CT molecular complexity index is 6250. The van der Waals surface area contributed by atoms with Crippen molar-refractivity contribution in [2.75, 3.05) is 140 Å². The molecule has 1 amide bonds. The second kappa shape index (κ2) is 39.2. The highest BCUT2D eigenvalue weighted by Crippen LogP contribution is 2.37. The van der Waals surface area contributed by atoms with Gasteiger partial charge in [-0.15, -0.1) is 0 Å². The summed E-state index contributed by atoms with van der Waals surface area (Å²) in [6.45, 7) is 33.7. The van der Waals surface area contributed by atoms with Gasteiger partial charge < -0.3 is 48.2 Å². The topological polar surface area (TPSA) is 284 Å². The largest absolute Gasteiger partial charge is 0.444 e. The van der Waals surface area contributed by atoms with Crippen molar-refractivity contribution in [3.8, 4) is 62.6 Å². The van der Waals surface area contributed by atoms with Crippen LogP contribution in [0.15, 0.2) is 170 Å². The molecule has 672 valence electrons. The summed E-state index contributed by atoms with van der Waals surface area (Å²) >= 11 is 0. The molecule has 0 unspecified atom stereocenters. The van der Waals surface area contributed by atoms with Gasteiger partial charge in [-0.2, -0.15) is 40.8 Å². The molecular weight excluding hydrogens is 1620 g/mol. The van der Waals surface area contributed by atoms with Crippen molar-refractivity contribution in [1.82, 2.24) is 108 Å². The van der Waals surface area contributed by atoms with Crippen LogP contribution in [0.1, 0.15) is 148 Å². The third kappa shape index (κ3) is 19.0. The van der Waals surface area contributed by atoms with Crippen LogP contribution in [0.3, 0.4) is 0 Å². The van der Waals surface area contributed by atoms with Gasteiger partial charge in [0.05, 0.1) is 135 Å². The van der Waals surface area contributed by atoms with Gasteiger partial charge >= 0.3 is 6.09 Å². The number of hydrogen-bond donors (Lipinski definition) is 1. The molecule has 0 spiro atoms. The van der Waals surface area contributed by atoms with Gasteiger partial charge in [-0.25, -0.2) is 57.5 Å². The van der Waals surface area contributed by atoms with Gasteiger partial charge in [-0.3, -0.25) is 5.10 Å². The molecule has 6 fully saturated rings. The number of fused-ring (bicyclic) bond motifs is 4. The van der Waals surface area contributed by atoms with Gasteiger partial charge in [-0.1, -0.05) is 27.7 Å². The van der Waals surface area contributed by atoms with Gasteiger partial charge in [0, 0.05) is 156 Å². The maximum atomic E-state index is 12.4. The number of benzene rings is 3. The highest BCUT2D eigenvalue weighted by Gasteiger charge is 2.31. The lowest BCUT2D eigenvalue weighted by Gasteiger charge is -2.36. The van der Waals surface area contributed by atoms with E-state index in [0.29, 0.717) is 37.3 Å². The average Bonchev–Trinajstić information content (AvgIpc) is 1.62. The summed E-state index contributed by atoms with van der Waals surface area (Å²) in [4.78, 5) is 43.8. The van der Waals surface area contributed by atoms with Crippen LogP contribution in [0, 0.1) is 0 Å². The summed E-state index contributed by atoms with van der Waals surface area (Å²) < 4.78 is 42.1.